The number of benzene rings is 1. The van der Waals surface area contributed by atoms with Crippen LogP contribution in [0.15, 0.2) is 17.9 Å². The van der Waals surface area contributed by atoms with Gasteiger partial charge in [-0.2, -0.15) is 5.06 Å². The van der Waals surface area contributed by atoms with E-state index in [9.17, 15) is 14.0 Å². The minimum Gasteiger partial charge on any atom is -0.434 e. The van der Waals surface area contributed by atoms with Crippen molar-refractivity contribution < 1.29 is 28.3 Å². The van der Waals surface area contributed by atoms with Crippen LogP contribution in [0.25, 0.3) is 5.57 Å². The van der Waals surface area contributed by atoms with Crippen LogP contribution >= 0.6 is 11.6 Å². The summed E-state index contributed by atoms with van der Waals surface area (Å²) in [5.41, 5.74) is -0.420. The number of amides is 1. The van der Waals surface area contributed by atoms with E-state index in [1.807, 2.05) is 0 Å². The summed E-state index contributed by atoms with van der Waals surface area (Å²) >= 11 is 6.38. The lowest BCUT2D eigenvalue weighted by Gasteiger charge is -2.43. The van der Waals surface area contributed by atoms with Crippen molar-refractivity contribution in [3.05, 3.63) is 39.9 Å². The number of hydrogen-bond donors (Lipinski definition) is 0. The first-order valence-corrected chi connectivity index (χ1v) is 9.76. The molecule has 0 N–H and O–H groups in total. The highest BCUT2D eigenvalue weighted by Crippen LogP contribution is 2.48. The number of hydroxylamine groups is 2. The van der Waals surface area contributed by atoms with Gasteiger partial charge >= 0.3 is 6.16 Å². The third-order valence-electron chi connectivity index (χ3n) is 5.60. The van der Waals surface area contributed by atoms with E-state index in [1.165, 1.54) is 17.0 Å². The van der Waals surface area contributed by atoms with Gasteiger partial charge in [0.1, 0.15) is 11.4 Å². The smallest absolute Gasteiger partial charge is 0.434 e. The molecule has 0 radical (unpaired) electrons. The molecule has 29 heavy (non-hydrogen) atoms. The second kappa shape index (κ2) is 8.30. The largest absolute Gasteiger partial charge is 0.513 e. The maximum Gasteiger partial charge on any atom is 0.513 e. The fraction of sp³-hybridized carbons (Fsp3) is 0.500. The van der Waals surface area contributed by atoms with Crippen molar-refractivity contribution in [3.63, 3.8) is 0 Å². The van der Waals surface area contributed by atoms with E-state index in [0.717, 1.165) is 0 Å². The summed E-state index contributed by atoms with van der Waals surface area (Å²) in [4.78, 5) is 32.2. The molecule has 9 heteroatoms. The average Bonchev–Trinajstić information content (AvgIpc) is 2.89. The zero-order valence-corrected chi connectivity index (χ0v) is 17.6. The first kappa shape index (κ1) is 21.5. The van der Waals surface area contributed by atoms with Crippen molar-refractivity contribution >= 4 is 29.2 Å². The monoisotopic (exact) mass is 426 g/mol. The number of likely N-dealkylation sites (N-methyl/N-ethyl adjacent to an activating group) is 1. The lowest BCUT2D eigenvalue weighted by molar-refractivity contribution is -0.162. The standard InChI is InChI=1S/C20H24ClFN2O5/c1-5-28-19(26)29-17-15(14-13(22)7-6-12(2)16(14)21)18(25)23(3)20(17)8-10-24(27-4)11-9-20/h6-7H,5,8-11H2,1-4H3. The number of piperidine rings is 1. The van der Waals surface area contributed by atoms with Crippen LogP contribution in [0.2, 0.25) is 5.02 Å². The zero-order valence-electron chi connectivity index (χ0n) is 16.9. The summed E-state index contributed by atoms with van der Waals surface area (Å²) in [5.74, 6) is -1.04. The average molecular weight is 427 g/mol. The molecule has 0 unspecified atom stereocenters. The molecule has 1 fully saturated rings. The summed E-state index contributed by atoms with van der Waals surface area (Å²) < 4.78 is 25.3. The Labute approximate surface area is 173 Å². The normalized spacial score (nSPS) is 19.2. The predicted octanol–water partition coefficient (Wildman–Crippen LogP) is 3.54. The van der Waals surface area contributed by atoms with Gasteiger partial charge in [0, 0.05) is 25.7 Å². The van der Waals surface area contributed by atoms with Gasteiger partial charge in [0.05, 0.1) is 24.3 Å². The van der Waals surface area contributed by atoms with Crippen molar-refractivity contribution in [1.82, 2.24) is 9.96 Å². The molecule has 0 saturated carbocycles. The van der Waals surface area contributed by atoms with Crippen LogP contribution in [0.5, 0.6) is 0 Å². The minimum atomic E-state index is -0.944. The Morgan fingerprint density at radius 2 is 1.97 bits per heavy atom. The molecule has 0 aromatic heterocycles. The van der Waals surface area contributed by atoms with E-state index in [4.69, 9.17) is 25.9 Å². The van der Waals surface area contributed by atoms with Gasteiger partial charge in [-0.25, -0.2) is 9.18 Å². The van der Waals surface area contributed by atoms with E-state index in [0.29, 0.717) is 31.5 Å². The number of nitrogens with zero attached hydrogens (tertiary/aromatic N) is 2. The number of rotatable bonds is 4. The van der Waals surface area contributed by atoms with Crippen molar-refractivity contribution in [2.75, 3.05) is 33.9 Å². The molecule has 0 atom stereocenters. The van der Waals surface area contributed by atoms with Crippen LogP contribution < -0.4 is 0 Å². The van der Waals surface area contributed by atoms with Crippen molar-refractivity contribution in [3.8, 4) is 0 Å². The summed E-state index contributed by atoms with van der Waals surface area (Å²) in [6, 6.07) is 2.78. The molecule has 1 saturated heterocycles. The quantitative estimate of drug-likeness (QED) is 0.686. The van der Waals surface area contributed by atoms with Gasteiger partial charge in [0.25, 0.3) is 5.91 Å². The third-order valence-corrected chi connectivity index (χ3v) is 6.09. The Bertz CT molecular complexity index is 865. The number of halogens is 2. The maximum absolute atomic E-state index is 14.8. The topological polar surface area (TPSA) is 68.3 Å². The molecule has 1 spiro atoms. The van der Waals surface area contributed by atoms with E-state index in [-0.39, 0.29) is 28.5 Å². The first-order chi connectivity index (χ1) is 13.8. The summed E-state index contributed by atoms with van der Waals surface area (Å²) in [7, 11) is 3.19. The number of carbonyl (C=O) groups is 2. The van der Waals surface area contributed by atoms with Crippen molar-refractivity contribution in [1.29, 1.82) is 0 Å². The van der Waals surface area contributed by atoms with E-state index >= 15 is 0 Å². The summed E-state index contributed by atoms with van der Waals surface area (Å²) in [6.45, 7) is 4.47. The number of hydrogen-bond acceptors (Lipinski definition) is 6. The Morgan fingerprint density at radius 3 is 2.55 bits per heavy atom. The molecule has 0 aliphatic carbocycles. The Balaban J connectivity index is 2.20. The predicted molar refractivity (Wildman–Crippen MR) is 104 cm³/mol. The molecule has 1 aromatic rings. The van der Waals surface area contributed by atoms with Crippen LogP contribution in [0.3, 0.4) is 0 Å². The molecule has 3 rings (SSSR count). The molecule has 2 aliphatic rings. The molecule has 2 aliphatic heterocycles. The second-order valence-corrected chi connectivity index (χ2v) is 7.43. The van der Waals surface area contributed by atoms with Gasteiger partial charge < -0.3 is 19.2 Å². The van der Waals surface area contributed by atoms with Gasteiger partial charge in [-0.3, -0.25) is 4.79 Å². The molecule has 158 valence electrons. The molecular formula is C20H24ClFN2O5. The minimum absolute atomic E-state index is 0.0439. The summed E-state index contributed by atoms with van der Waals surface area (Å²) in [5, 5.41) is 1.86. The fourth-order valence-electron chi connectivity index (χ4n) is 3.93. The van der Waals surface area contributed by atoms with Gasteiger partial charge in [-0.05, 0) is 38.3 Å². The summed E-state index contributed by atoms with van der Waals surface area (Å²) in [6.07, 6.45) is -0.0699. The molecule has 1 amide bonds. The van der Waals surface area contributed by atoms with Gasteiger partial charge in [-0.15, -0.1) is 0 Å². The van der Waals surface area contributed by atoms with E-state index < -0.39 is 23.4 Å². The van der Waals surface area contributed by atoms with E-state index in [1.54, 1.807) is 33.1 Å². The van der Waals surface area contributed by atoms with Gasteiger partial charge in [-0.1, -0.05) is 17.7 Å². The molecule has 2 heterocycles. The Morgan fingerprint density at radius 1 is 1.31 bits per heavy atom. The fourth-order valence-corrected chi connectivity index (χ4v) is 4.18. The number of ether oxygens (including phenoxy) is 2. The SMILES string of the molecule is CCOC(=O)OC1=C(c2c(F)ccc(C)c2Cl)C(=O)N(C)C12CCN(OC)CC2. The van der Waals surface area contributed by atoms with Crippen molar-refractivity contribution in [2.24, 2.45) is 0 Å². The second-order valence-electron chi connectivity index (χ2n) is 7.05. The van der Waals surface area contributed by atoms with Crippen LogP contribution in [0.4, 0.5) is 9.18 Å². The van der Waals surface area contributed by atoms with Crippen LogP contribution in [0, 0.1) is 12.7 Å². The molecule has 0 bridgehead atoms. The lowest BCUT2D eigenvalue weighted by Crippen LogP contribution is -2.53. The number of carbonyl (C=O) groups excluding carboxylic acids is 2. The first-order valence-electron chi connectivity index (χ1n) is 9.38. The Kier molecular flexibility index (Phi) is 6.16. The van der Waals surface area contributed by atoms with Crippen LogP contribution in [-0.2, 0) is 19.1 Å². The highest BCUT2D eigenvalue weighted by atomic mass is 35.5. The Hall–Kier alpha value is -2.16. The van der Waals surface area contributed by atoms with Gasteiger partial charge in [0.15, 0.2) is 5.76 Å². The molecule has 1 aromatic carbocycles. The lowest BCUT2D eigenvalue weighted by atomic mass is 9.85. The van der Waals surface area contributed by atoms with Crippen molar-refractivity contribution in [2.45, 2.75) is 32.2 Å². The molecule has 7 nitrogen and oxygen atoms in total. The highest BCUT2D eigenvalue weighted by molar-refractivity contribution is 6.36. The highest BCUT2D eigenvalue weighted by Gasteiger charge is 2.54. The third kappa shape index (κ3) is 3.60. The van der Waals surface area contributed by atoms with Crippen LogP contribution in [0.1, 0.15) is 30.9 Å². The van der Waals surface area contributed by atoms with Crippen LogP contribution in [-0.4, -0.2) is 61.4 Å². The zero-order chi connectivity index (χ0) is 21.3. The maximum atomic E-state index is 14.8. The van der Waals surface area contributed by atoms with E-state index in [2.05, 4.69) is 0 Å². The number of aryl methyl sites for hydroxylation is 1. The van der Waals surface area contributed by atoms with Gasteiger partial charge in [0.2, 0.25) is 0 Å². The molecular weight excluding hydrogens is 403 g/mol.